The van der Waals surface area contributed by atoms with Crippen LogP contribution in [0.3, 0.4) is 0 Å². The van der Waals surface area contributed by atoms with Gasteiger partial charge in [-0.1, -0.05) is 43.3 Å². The summed E-state index contributed by atoms with van der Waals surface area (Å²) in [6.45, 7) is 7.20. The topological polar surface area (TPSA) is 61.0 Å². The van der Waals surface area contributed by atoms with E-state index < -0.39 is 0 Å². The normalized spacial score (nSPS) is 10.9. The van der Waals surface area contributed by atoms with Crippen molar-refractivity contribution in [1.82, 2.24) is 9.55 Å². The summed E-state index contributed by atoms with van der Waals surface area (Å²) in [6.07, 6.45) is 2.24. The molecule has 2 aromatic rings. The van der Waals surface area contributed by atoms with Crippen molar-refractivity contribution in [3.8, 4) is 0 Å². The van der Waals surface area contributed by atoms with Gasteiger partial charge in [0, 0.05) is 29.6 Å². The van der Waals surface area contributed by atoms with Gasteiger partial charge in [-0.25, -0.2) is 4.98 Å². The zero-order valence-corrected chi connectivity index (χ0v) is 14.0. The first-order valence-electron chi connectivity index (χ1n) is 7.43. The number of hydrogen-bond acceptors (Lipinski definition) is 4. The first-order chi connectivity index (χ1) is 10.5. The molecule has 0 saturated carbocycles. The van der Waals surface area contributed by atoms with E-state index in [1.165, 1.54) is 5.69 Å². The standard InChI is InChI=1S/C16H21N3O2S/c1-4-5-10-18-13(3)12(2)17-16(18)22-11-14-8-6-7-9-15(14)19(20)21/h6-9H,4-5,10-11H2,1-3H3. The molecule has 5 nitrogen and oxygen atoms in total. The van der Waals surface area contributed by atoms with Crippen LogP contribution in [0, 0.1) is 24.0 Å². The fraction of sp³-hybridized carbons (Fsp3) is 0.438. The van der Waals surface area contributed by atoms with Gasteiger partial charge < -0.3 is 4.57 Å². The fourth-order valence-corrected chi connectivity index (χ4v) is 3.38. The lowest BCUT2D eigenvalue weighted by Gasteiger charge is -2.09. The number of thioether (sulfide) groups is 1. The van der Waals surface area contributed by atoms with E-state index >= 15 is 0 Å². The van der Waals surface area contributed by atoms with E-state index in [0.29, 0.717) is 5.75 Å². The Morgan fingerprint density at radius 1 is 1.32 bits per heavy atom. The lowest BCUT2D eigenvalue weighted by Crippen LogP contribution is -2.02. The Bertz CT molecular complexity index is 667. The molecule has 2 rings (SSSR count). The monoisotopic (exact) mass is 319 g/mol. The van der Waals surface area contributed by atoms with Crippen LogP contribution in [0.15, 0.2) is 29.4 Å². The summed E-state index contributed by atoms with van der Waals surface area (Å²) in [7, 11) is 0. The molecule has 0 saturated heterocycles. The Morgan fingerprint density at radius 3 is 2.73 bits per heavy atom. The lowest BCUT2D eigenvalue weighted by molar-refractivity contribution is -0.385. The molecule has 1 aromatic heterocycles. The molecule has 0 fully saturated rings. The van der Waals surface area contributed by atoms with Gasteiger partial charge in [0.05, 0.1) is 10.6 Å². The van der Waals surface area contributed by atoms with Crippen LogP contribution < -0.4 is 0 Å². The van der Waals surface area contributed by atoms with Crippen LogP contribution in [0.25, 0.3) is 0 Å². The predicted molar refractivity (Wildman–Crippen MR) is 89.3 cm³/mol. The second-order valence-corrected chi connectivity index (χ2v) is 6.19. The van der Waals surface area contributed by atoms with E-state index in [9.17, 15) is 10.1 Å². The number of para-hydroxylation sites is 1. The Kier molecular flexibility index (Phi) is 5.60. The maximum Gasteiger partial charge on any atom is 0.273 e. The summed E-state index contributed by atoms with van der Waals surface area (Å²) in [5.74, 6) is 0.555. The van der Waals surface area contributed by atoms with Gasteiger partial charge in [0.2, 0.25) is 0 Å². The molecule has 0 atom stereocenters. The predicted octanol–water partition coefficient (Wildman–Crippen LogP) is 4.50. The van der Waals surface area contributed by atoms with Crippen molar-refractivity contribution in [2.45, 2.75) is 51.1 Å². The minimum Gasteiger partial charge on any atom is -0.323 e. The summed E-state index contributed by atoms with van der Waals surface area (Å²) in [4.78, 5) is 15.4. The Morgan fingerprint density at radius 2 is 2.05 bits per heavy atom. The number of nitro groups is 1. The average molecular weight is 319 g/mol. The molecular weight excluding hydrogens is 298 g/mol. The van der Waals surface area contributed by atoms with Crippen LogP contribution in [-0.4, -0.2) is 14.5 Å². The minimum absolute atomic E-state index is 0.176. The van der Waals surface area contributed by atoms with E-state index in [2.05, 4.69) is 23.4 Å². The summed E-state index contributed by atoms with van der Waals surface area (Å²) in [6, 6.07) is 6.89. The number of nitrogens with zero attached hydrogens (tertiary/aromatic N) is 3. The molecular formula is C16H21N3O2S. The molecule has 0 bridgehead atoms. The van der Waals surface area contributed by atoms with Crippen LogP contribution in [0.1, 0.15) is 36.7 Å². The molecule has 0 amide bonds. The minimum atomic E-state index is -0.323. The summed E-state index contributed by atoms with van der Waals surface area (Å²) in [5.41, 5.74) is 3.12. The third kappa shape index (κ3) is 3.68. The third-order valence-electron chi connectivity index (χ3n) is 3.70. The van der Waals surface area contributed by atoms with Crippen molar-refractivity contribution in [2.75, 3.05) is 0 Å². The Balaban J connectivity index is 2.18. The molecule has 0 N–H and O–H groups in total. The maximum absolute atomic E-state index is 11.1. The van der Waals surface area contributed by atoms with E-state index in [1.54, 1.807) is 23.9 Å². The van der Waals surface area contributed by atoms with Crippen molar-refractivity contribution < 1.29 is 4.92 Å². The molecule has 0 aliphatic carbocycles. The van der Waals surface area contributed by atoms with Crippen molar-refractivity contribution in [2.24, 2.45) is 0 Å². The van der Waals surface area contributed by atoms with E-state index in [-0.39, 0.29) is 10.6 Å². The van der Waals surface area contributed by atoms with Gasteiger partial charge in [-0.2, -0.15) is 0 Å². The van der Waals surface area contributed by atoms with Crippen LogP contribution in [0.2, 0.25) is 0 Å². The molecule has 0 aliphatic rings. The second kappa shape index (κ2) is 7.45. The molecule has 0 aliphatic heterocycles. The van der Waals surface area contributed by atoms with Crippen LogP contribution in [0.4, 0.5) is 5.69 Å². The van der Waals surface area contributed by atoms with Gasteiger partial charge in [-0.05, 0) is 20.3 Å². The highest BCUT2D eigenvalue weighted by Gasteiger charge is 2.15. The number of nitro benzene ring substituents is 1. The van der Waals surface area contributed by atoms with Crippen LogP contribution in [-0.2, 0) is 12.3 Å². The van der Waals surface area contributed by atoms with Crippen LogP contribution in [0.5, 0.6) is 0 Å². The Labute approximate surface area is 134 Å². The average Bonchev–Trinajstić information content (AvgIpc) is 2.78. The highest BCUT2D eigenvalue weighted by atomic mass is 32.2. The van der Waals surface area contributed by atoms with Crippen LogP contribution >= 0.6 is 11.8 Å². The van der Waals surface area contributed by atoms with Crippen molar-refractivity contribution in [3.05, 3.63) is 51.3 Å². The van der Waals surface area contributed by atoms with Crippen molar-refractivity contribution in [3.63, 3.8) is 0 Å². The summed E-state index contributed by atoms with van der Waals surface area (Å²) >= 11 is 1.56. The van der Waals surface area contributed by atoms with E-state index in [1.807, 2.05) is 19.1 Å². The van der Waals surface area contributed by atoms with Gasteiger partial charge >= 0.3 is 0 Å². The smallest absolute Gasteiger partial charge is 0.273 e. The number of aryl methyl sites for hydroxylation is 1. The van der Waals surface area contributed by atoms with E-state index in [0.717, 1.165) is 35.8 Å². The highest BCUT2D eigenvalue weighted by molar-refractivity contribution is 7.98. The maximum atomic E-state index is 11.1. The summed E-state index contributed by atoms with van der Waals surface area (Å²) < 4.78 is 2.22. The third-order valence-corrected chi connectivity index (χ3v) is 4.73. The van der Waals surface area contributed by atoms with Gasteiger partial charge in [-0.3, -0.25) is 10.1 Å². The molecule has 0 radical (unpaired) electrons. The van der Waals surface area contributed by atoms with Gasteiger partial charge in [0.15, 0.2) is 5.16 Å². The number of imidazole rings is 1. The van der Waals surface area contributed by atoms with Gasteiger partial charge in [-0.15, -0.1) is 0 Å². The number of aromatic nitrogens is 2. The molecule has 118 valence electrons. The molecule has 0 spiro atoms. The largest absolute Gasteiger partial charge is 0.323 e. The van der Waals surface area contributed by atoms with Crippen molar-refractivity contribution >= 4 is 17.4 Å². The number of hydrogen-bond donors (Lipinski definition) is 0. The molecule has 1 aromatic carbocycles. The number of unbranched alkanes of at least 4 members (excludes halogenated alkanes) is 1. The quantitative estimate of drug-likeness (QED) is 0.428. The number of rotatable bonds is 7. The van der Waals surface area contributed by atoms with Crippen molar-refractivity contribution in [1.29, 1.82) is 0 Å². The lowest BCUT2D eigenvalue weighted by atomic mass is 10.2. The van der Waals surface area contributed by atoms with Gasteiger partial charge in [0.1, 0.15) is 0 Å². The first kappa shape index (κ1) is 16.5. The Hall–Kier alpha value is -1.82. The van der Waals surface area contributed by atoms with E-state index in [4.69, 9.17) is 0 Å². The second-order valence-electron chi connectivity index (χ2n) is 5.24. The molecule has 6 heteroatoms. The molecule has 0 unspecified atom stereocenters. The molecule has 1 heterocycles. The fourth-order valence-electron chi connectivity index (χ4n) is 2.27. The zero-order chi connectivity index (χ0) is 16.1. The van der Waals surface area contributed by atoms with Gasteiger partial charge in [0.25, 0.3) is 5.69 Å². The first-order valence-corrected chi connectivity index (χ1v) is 8.42. The summed E-state index contributed by atoms with van der Waals surface area (Å²) in [5, 5.41) is 12.0. The zero-order valence-electron chi connectivity index (χ0n) is 13.2. The number of benzene rings is 1. The molecule has 22 heavy (non-hydrogen) atoms. The highest BCUT2D eigenvalue weighted by Crippen LogP contribution is 2.29. The SMILES string of the molecule is CCCCn1c(SCc2ccccc2[N+](=O)[O-])nc(C)c1C.